The van der Waals surface area contributed by atoms with E-state index in [9.17, 15) is 17.2 Å². The summed E-state index contributed by atoms with van der Waals surface area (Å²) in [5, 5.41) is 4.00. The van der Waals surface area contributed by atoms with Gasteiger partial charge in [0.2, 0.25) is 0 Å². The number of nitrogens with zero attached hydrogens (tertiary/aromatic N) is 5. The number of pyridine rings is 2. The van der Waals surface area contributed by atoms with Crippen LogP contribution in [0.4, 0.5) is 8.78 Å². The zero-order chi connectivity index (χ0) is 22.9. The summed E-state index contributed by atoms with van der Waals surface area (Å²) in [6.45, 7) is 0. The number of hydrogen-bond donors (Lipinski definition) is 0. The van der Waals surface area contributed by atoms with Gasteiger partial charge in [0.05, 0.1) is 31.4 Å². The molecule has 0 spiro atoms. The third kappa shape index (κ3) is 4.02. The second-order valence-electron chi connectivity index (χ2n) is 6.70. The molecule has 1 aromatic carbocycles. The van der Waals surface area contributed by atoms with E-state index in [0.717, 1.165) is 18.3 Å². The van der Waals surface area contributed by atoms with Gasteiger partial charge in [0.1, 0.15) is 27.9 Å². The molecule has 0 radical (unpaired) electrons. The largest absolute Gasteiger partial charge is 0.495 e. The van der Waals surface area contributed by atoms with E-state index in [0.29, 0.717) is 26.9 Å². The van der Waals surface area contributed by atoms with E-state index < -0.39 is 21.7 Å². The van der Waals surface area contributed by atoms with Crippen molar-refractivity contribution in [3.05, 3.63) is 78.5 Å². The number of fused-ring (bicyclic) bond motifs is 1. The molecular formula is C21H17F2N5O3S. The number of ether oxygens (including phenoxy) is 1. The van der Waals surface area contributed by atoms with E-state index in [1.54, 1.807) is 22.7 Å². The monoisotopic (exact) mass is 457 g/mol. The van der Waals surface area contributed by atoms with Crippen LogP contribution in [0.1, 0.15) is 5.69 Å². The van der Waals surface area contributed by atoms with E-state index in [1.165, 1.54) is 44.9 Å². The number of methoxy groups -OCH3 is 1. The van der Waals surface area contributed by atoms with Crippen LogP contribution in [0, 0.1) is 11.6 Å². The third-order valence-electron chi connectivity index (χ3n) is 4.68. The Morgan fingerprint density at radius 3 is 2.62 bits per heavy atom. The van der Waals surface area contributed by atoms with Crippen molar-refractivity contribution in [2.45, 2.75) is 4.90 Å². The number of sulfonamides is 1. The lowest BCUT2D eigenvalue weighted by Gasteiger charge is -2.15. The lowest BCUT2D eigenvalue weighted by Crippen LogP contribution is -2.22. The molecule has 0 N–H and O–H groups in total. The maximum Gasteiger partial charge on any atom is 0.282 e. The molecule has 0 aliphatic heterocycles. The highest BCUT2D eigenvalue weighted by molar-refractivity contribution is 7.89. The van der Waals surface area contributed by atoms with Gasteiger partial charge in [0.15, 0.2) is 0 Å². The lowest BCUT2D eigenvalue weighted by atomic mass is 10.1. The summed E-state index contributed by atoms with van der Waals surface area (Å²) in [6, 6.07) is 8.06. The predicted octanol–water partition coefficient (Wildman–Crippen LogP) is 3.34. The Morgan fingerprint density at radius 1 is 1.06 bits per heavy atom. The van der Waals surface area contributed by atoms with Gasteiger partial charge in [-0.2, -0.15) is 17.9 Å². The van der Waals surface area contributed by atoms with E-state index in [1.807, 2.05) is 0 Å². The normalized spacial score (nSPS) is 11.9. The van der Waals surface area contributed by atoms with Gasteiger partial charge >= 0.3 is 0 Å². The minimum absolute atomic E-state index is 0.00315. The van der Waals surface area contributed by atoms with Crippen molar-refractivity contribution in [3.8, 4) is 16.9 Å². The van der Waals surface area contributed by atoms with Gasteiger partial charge in [0, 0.05) is 30.6 Å². The van der Waals surface area contributed by atoms with Crippen molar-refractivity contribution in [1.29, 1.82) is 0 Å². The second kappa shape index (κ2) is 8.35. The van der Waals surface area contributed by atoms with Crippen LogP contribution >= 0.6 is 0 Å². The summed E-state index contributed by atoms with van der Waals surface area (Å²) in [7, 11) is -1.66. The van der Waals surface area contributed by atoms with Crippen molar-refractivity contribution in [1.82, 2.24) is 18.8 Å². The number of halogens is 2. The fraction of sp³-hybridized carbons (Fsp3) is 0.0952. The first-order chi connectivity index (χ1) is 15.3. The number of hydrogen-bond acceptors (Lipinski definition) is 6. The molecule has 0 saturated carbocycles. The van der Waals surface area contributed by atoms with Crippen LogP contribution in [0.5, 0.6) is 5.75 Å². The minimum Gasteiger partial charge on any atom is -0.495 e. The molecule has 0 unspecified atom stereocenters. The quantitative estimate of drug-likeness (QED) is 0.327. The number of benzene rings is 1. The van der Waals surface area contributed by atoms with E-state index >= 15 is 0 Å². The average molecular weight is 457 g/mol. The van der Waals surface area contributed by atoms with Crippen molar-refractivity contribution < 1.29 is 21.9 Å². The Labute approximate surface area is 182 Å². The van der Waals surface area contributed by atoms with Crippen LogP contribution in [-0.2, 0) is 10.0 Å². The summed E-state index contributed by atoms with van der Waals surface area (Å²) in [5.41, 5.74) is 2.31. The smallest absolute Gasteiger partial charge is 0.282 e. The van der Waals surface area contributed by atoms with Gasteiger partial charge in [-0.1, -0.05) is 0 Å². The molecule has 164 valence electrons. The lowest BCUT2D eigenvalue weighted by molar-refractivity contribution is 0.397. The zero-order valence-corrected chi connectivity index (χ0v) is 17.8. The van der Waals surface area contributed by atoms with Gasteiger partial charge in [-0.05, 0) is 36.4 Å². The fourth-order valence-electron chi connectivity index (χ4n) is 3.03. The van der Waals surface area contributed by atoms with Crippen LogP contribution in [0.25, 0.3) is 16.8 Å². The Hall–Kier alpha value is -3.86. The molecule has 3 heterocycles. The zero-order valence-electron chi connectivity index (χ0n) is 17.0. The minimum atomic E-state index is -4.18. The topological polar surface area (TPSA) is 89.2 Å². The number of imidazole rings is 1. The van der Waals surface area contributed by atoms with E-state index in [2.05, 4.69) is 15.1 Å². The van der Waals surface area contributed by atoms with Crippen LogP contribution in [0.15, 0.2) is 71.2 Å². The Bertz CT molecular complexity index is 1440. The second-order valence-corrected chi connectivity index (χ2v) is 8.62. The molecule has 0 aliphatic rings. The molecular weight excluding hydrogens is 440 g/mol. The average Bonchev–Trinajstić information content (AvgIpc) is 3.19. The molecule has 0 amide bonds. The first-order valence-electron chi connectivity index (χ1n) is 9.24. The van der Waals surface area contributed by atoms with E-state index in [-0.39, 0.29) is 10.6 Å². The van der Waals surface area contributed by atoms with Gasteiger partial charge < -0.3 is 4.74 Å². The molecule has 0 bridgehead atoms. The molecule has 11 heteroatoms. The molecule has 4 aromatic rings. The summed E-state index contributed by atoms with van der Waals surface area (Å²) in [5.74, 6) is -1.19. The highest BCUT2D eigenvalue weighted by Gasteiger charge is 2.24. The van der Waals surface area contributed by atoms with Crippen LogP contribution in [0.2, 0.25) is 0 Å². The molecule has 0 aliphatic carbocycles. The van der Waals surface area contributed by atoms with Gasteiger partial charge in [-0.3, -0.25) is 9.38 Å². The maximum absolute atomic E-state index is 13.6. The SMILES string of the molecule is COc1ccc(F)cc1S(=O)(=O)N(C)N=Cc1cnc2ccc(-c3cncc(F)c3)cn12. The van der Waals surface area contributed by atoms with Gasteiger partial charge in [0.25, 0.3) is 10.0 Å². The molecule has 0 atom stereocenters. The Balaban J connectivity index is 1.68. The van der Waals surface area contributed by atoms with Gasteiger partial charge in [-0.15, -0.1) is 0 Å². The highest BCUT2D eigenvalue weighted by atomic mass is 32.2. The summed E-state index contributed by atoms with van der Waals surface area (Å²) in [4.78, 5) is 7.75. The van der Waals surface area contributed by atoms with Crippen molar-refractivity contribution in [3.63, 3.8) is 0 Å². The first kappa shape index (κ1) is 21.4. The molecule has 4 rings (SSSR count). The number of aromatic nitrogens is 3. The van der Waals surface area contributed by atoms with Crippen molar-refractivity contribution in [2.75, 3.05) is 14.2 Å². The predicted molar refractivity (Wildman–Crippen MR) is 114 cm³/mol. The summed E-state index contributed by atoms with van der Waals surface area (Å²) >= 11 is 0. The van der Waals surface area contributed by atoms with Crippen LogP contribution < -0.4 is 4.74 Å². The fourth-order valence-corrected chi connectivity index (χ4v) is 4.16. The maximum atomic E-state index is 13.6. The molecule has 8 nitrogen and oxygen atoms in total. The Kier molecular flexibility index (Phi) is 5.57. The van der Waals surface area contributed by atoms with Crippen LogP contribution in [0.3, 0.4) is 0 Å². The highest BCUT2D eigenvalue weighted by Crippen LogP contribution is 2.27. The first-order valence-corrected chi connectivity index (χ1v) is 10.7. The van der Waals surface area contributed by atoms with E-state index in [4.69, 9.17) is 4.74 Å². The summed E-state index contributed by atoms with van der Waals surface area (Å²) < 4.78 is 60.3. The van der Waals surface area contributed by atoms with Crippen molar-refractivity contribution >= 4 is 21.9 Å². The molecule has 0 saturated heterocycles. The molecule has 3 aromatic heterocycles. The number of hydrazone groups is 1. The standard InChI is InChI=1S/C21H17F2N5O3S/c1-27(32(29,30)20-8-16(22)4-5-19(20)31-2)26-12-18-11-25-21-6-3-14(13-28(18)21)15-7-17(23)10-24-9-15/h3-13H,1-2H3. The van der Waals surface area contributed by atoms with Crippen molar-refractivity contribution in [2.24, 2.45) is 5.10 Å². The van der Waals surface area contributed by atoms with Gasteiger partial charge in [-0.25, -0.2) is 13.8 Å². The van der Waals surface area contributed by atoms with Crippen LogP contribution in [-0.4, -0.2) is 47.6 Å². The summed E-state index contributed by atoms with van der Waals surface area (Å²) in [6.07, 6.45) is 7.17. The Morgan fingerprint density at radius 2 is 1.88 bits per heavy atom. The third-order valence-corrected chi connectivity index (χ3v) is 6.34. The molecule has 0 fully saturated rings. The molecule has 32 heavy (non-hydrogen) atoms. The number of rotatable bonds is 6.